The summed E-state index contributed by atoms with van der Waals surface area (Å²) < 4.78 is 5.94. The first-order valence-electron chi connectivity index (χ1n) is 7.37. The van der Waals surface area contributed by atoms with Gasteiger partial charge in [-0.15, -0.1) is 0 Å². The van der Waals surface area contributed by atoms with E-state index < -0.39 is 0 Å². The molecule has 1 aliphatic heterocycles. The van der Waals surface area contributed by atoms with Crippen LogP contribution in [0.3, 0.4) is 0 Å². The summed E-state index contributed by atoms with van der Waals surface area (Å²) in [6, 6.07) is 4.95. The fourth-order valence-electron chi connectivity index (χ4n) is 3.55. The third-order valence-electron chi connectivity index (χ3n) is 4.47. The molecule has 1 saturated heterocycles. The van der Waals surface area contributed by atoms with Crippen molar-refractivity contribution >= 4 is 0 Å². The van der Waals surface area contributed by atoms with E-state index >= 15 is 0 Å². The summed E-state index contributed by atoms with van der Waals surface area (Å²) in [5, 5.41) is 0. The van der Waals surface area contributed by atoms with Crippen molar-refractivity contribution in [1.82, 2.24) is 9.88 Å². The van der Waals surface area contributed by atoms with Crippen LogP contribution in [0.4, 0.5) is 0 Å². The lowest BCUT2D eigenvalue weighted by molar-refractivity contribution is -0.102. The molecule has 0 radical (unpaired) electrons. The van der Waals surface area contributed by atoms with Crippen LogP contribution in [0.25, 0.3) is 0 Å². The molecule has 3 unspecified atom stereocenters. The number of aromatic nitrogens is 1. The molecule has 4 heteroatoms. The van der Waals surface area contributed by atoms with Gasteiger partial charge in [0.25, 0.3) is 0 Å². The number of fused-ring (bicyclic) bond motifs is 1. The van der Waals surface area contributed by atoms with Gasteiger partial charge in [-0.3, -0.25) is 9.88 Å². The van der Waals surface area contributed by atoms with E-state index in [1.165, 1.54) is 31.2 Å². The SMILES string of the molecule is NCC(c1cccnc1)N1CCOC2CCCCC21. The first kappa shape index (κ1) is 13.0. The molecule has 1 saturated carbocycles. The first-order chi connectivity index (χ1) is 9.40. The summed E-state index contributed by atoms with van der Waals surface area (Å²) in [5.41, 5.74) is 7.28. The second-order valence-electron chi connectivity index (χ2n) is 5.54. The predicted molar refractivity (Wildman–Crippen MR) is 74.7 cm³/mol. The summed E-state index contributed by atoms with van der Waals surface area (Å²) in [7, 11) is 0. The number of hydrogen-bond acceptors (Lipinski definition) is 4. The van der Waals surface area contributed by atoms with E-state index in [9.17, 15) is 0 Å². The normalized spacial score (nSPS) is 29.7. The minimum Gasteiger partial charge on any atom is -0.375 e. The predicted octanol–water partition coefficient (Wildman–Crippen LogP) is 1.72. The second-order valence-corrected chi connectivity index (χ2v) is 5.54. The third kappa shape index (κ3) is 2.66. The highest BCUT2D eigenvalue weighted by atomic mass is 16.5. The molecule has 3 rings (SSSR count). The van der Waals surface area contributed by atoms with Crippen molar-refractivity contribution in [3.8, 4) is 0 Å². The van der Waals surface area contributed by atoms with Gasteiger partial charge >= 0.3 is 0 Å². The van der Waals surface area contributed by atoms with Crippen molar-refractivity contribution in [2.24, 2.45) is 5.73 Å². The van der Waals surface area contributed by atoms with Crippen LogP contribution in [0.1, 0.15) is 37.3 Å². The number of morpholine rings is 1. The van der Waals surface area contributed by atoms with Crippen molar-refractivity contribution in [2.75, 3.05) is 19.7 Å². The van der Waals surface area contributed by atoms with E-state index in [1.54, 1.807) is 0 Å². The van der Waals surface area contributed by atoms with Gasteiger partial charge in [0.2, 0.25) is 0 Å². The highest BCUT2D eigenvalue weighted by molar-refractivity contribution is 5.15. The quantitative estimate of drug-likeness (QED) is 0.900. The summed E-state index contributed by atoms with van der Waals surface area (Å²) in [6.45, 7) is 2.46. The molecule has 0 spiro atoms. The Morgan fingerprint density at radius 2 is 2.32 bits per heavy atom. The van der Waals surface area contributed by atoms with E-state index in [-0.39, 0.29) is 6.04 Å². The lowest BCUT2D eigenvalue weighted by Gasteiger charge is -2.47. The fraction of sp³-hybridized carbons (Fsp3) is 0.667. The van der Waals surface area contributed by atoms with Crippen molar-refractivity contribution in [1.29, 1.82) is 0 Å². The van der Waals surface area contributed by atoms with Gasteiger partial charge in [0.1, 0.15) is 0 Å². The zero-order chi connectivity index (χ0) is 13.1. The molecule has 1 aromatic heterocycles. The van der Waals surface area contributed by atoms with E-state index in [0.717, 1.165) is 13.2 Å². The van der Waals surface area contributed by atoms with Crippen LogP contribution in [-0.2, 0) is 4.74 Å². The van der Waals surface area contributed by atoms with Gasteiger partial charge in [-0.25, -0.2) is 0 Å². The monoisotopic (exact) mass is 261 g/mol. The zero-order valence-electron chi connectivity index (χ0n) is 11.4. The summed E-state index contributed by atoms with van der Waals surface area (Å²) in [5.74, 6) is 0. The summed E-state index contributed by atoms with van der Waals surface area (Å²) >= 11 is 0. The second kappa shape index (κ2) is 5.99. The van der Waals surface area contributed by atoms with Crippen LogP contribution in [0.15, 0.2) is 24.5 Å². The van der Waals surface area contributed by atoms with Crippen molar-refractivity contribution in [2.45, 2.75) is 43.9 Å². The highest BCUT2D eigenvalue weighted by Crippen LogP contribution is 2.33. The van der Waals surface area contributed by atoms with Crippen LogP contribution >= 0.6 is 0 Å². The first-order valence-corrected chi connectivity index (χ1v) is 7.37. The maximum Gasteiger partial charge on any atom is 0.0731 e. The van der Waals surface area contributed by atoms with E-state index in [1.807, 2.05) is 18.5 Å². The minimum absolute atomic E-state index is 0.281. The lowest BCUT2D eigenvalue weighted by Crippen LogP contribution is -2.54. The van der Waals surface area contributed by atoms with E-state index in [0.29, 0.717) is 18.7 Å². The van der Waals surface area contributed by atoms with Gasteiger partial charge in [0.05, 0.1) is 12.7 Å². The molecule has 2 fully saturated rings. The van der Waals surface area contributed by atoms with Gasteiger partial charge in [0.15, 0.2) is 0 Å². The van der Waals surface area contributed by atoms with Crippen LogP contribution in [0.2, 0.25) is 0 Å². The molecule has 2 aliphatic rings. The molecule has 4 nitrogen and oxygen atoms in total. The third-order valence-corrected chi connectivity index (χ3v) is 4.47. The van der Waals surface area contributed by atoms with E-state index in [2.05, 4.69) is 16.0 Å². The van der Waals surface area contributed by atoms with Crippen LogP contribution < -0.4 is 5.73 Å². The number of pyridine rings is 1. The fourth-order valence-corrected chi connectivity index (χ4v) is 3.55. The Morgan fingerprint density at radius 3 is 3.11 bits per heavy atom. The zero-order valence-corrected chi connectivity index (χ0v) is 11.4. The molecule has 0 amide bonds. The smallest absolute Gasteiger partial charge is 0.0731 e. The number of ether oxygens (including phenoxy) is 1. The minimum atomic E-state index is 0.281. The Balaban J connectivity index is 1.81. The Morgan fingerprint density at radius 1 is 1.42 bits per heavy atom. The Kier molecular flexibility index (Phi) is 4.11. The Hall–Kier alpha value is -0.970. The van der Waals surface area contributed by atoms with Gasteiger partial charge in [-0.2, -0.15) is 0 Å². The van der Waals surface area contributed by atoms with Gasteiger partial charge in [0, 0.05) is 37.6 Å². The molecule has 2 N–H and O–H groups in total. The molecule has 3 atom stereocenters. The molecule has 104 valence electrons. The van der Waals surface area contributed by atoms with Crippen LogP contribution in [0.5, 0.6) is 0 Å². The summed E-state index contributed by atoms with van der Waals surface area (Å²) in [4.78, 5) is 6.80. The number of nitrogens with two attached hydrogens (primary N) is 1. The Labute approximate surface area is 115 Å². The molecule has 1 aliphatic carbocycles. The van der Waals surface area contributed by atoms with Gasteiger partial charge < -0.3 is 10.5 Å². The summed E-state index contributed by atoms with van der Waals surface area (Å²) in [6.07, 6.45) is 9.23. The molecular weight excluding hydrogens is 238 g/mol. The number of nitrogens with zero attached hydrogens (tertiary/aromatic N) is 2. The Bertz CT molecular complexity index is 396. The van der Waals surface area contributed by atoms with Crippen molar-refractivity contribution in [3.63, 3.8) is 0 Å². The molecular formula is C15H23N3O. The molecule has 19 heavy (non-hydrogen) atoms. The average molecular weight is 261 g/mol. The van der Waals surface area contributed by atoms with Gasteiger partial charge in [-0.05, 0) is 24.5 Å². The van der Waals surface area contributed by atoms with Crippen LogP contribution in [-0.4, -0.2) is 41.7 Å². The molecule has 1 aromatic rings. The highest BCUT2D eigenvalue weighted by Gasteiger charge is 2.37. The van der Waals surface area contributed by atoms with Crippen molar-refractivity contribution in [3.05, 3.63) is 30.1 Å². The number of hydrogen-bond donors (Lipinski definition) is 1. The van der Waals surface area contributed by atoms with E-state index in [4.69, 9.17) is 10.5 Å². The van der Waals surface area contributed by atoms with Crippen molar-refractivity contribution < 1.29 is 4.74 Å². The lowest BCUT2D eigenvalue weighted by atomic mass is 9.88. The topological polar surface area (TPSA) is 51.4 Å². The standard InChI is InChI=1S/C15H23N3O/c16-10-14(12-4-3-7-17-11-12)18-8-9-19-15-6-2-1-5-13(15)18/h3-4,7,11,13-15H,1-2,5-6,8-10,16H2. The molecule has 2 heterocycles. The molecule has 0 bridgehead atoms. The van der Waals surface area contributed by atoms with Gasteiger partial charge in [-0.1, -0.05) is 18.9 Å². The largest absolute Gasteiger partial charge is 0.375 e. The number of rotatable bonds is 3. The maximum atomic E-state index is 6.05. The molecule has 0 aromatic carbocycles. The van der Waals surface area contributed by atoms with Crippen LogP contribution in [0, 0.1) is 0 Å². The maximum absolute atomic E-state index is 6.05. The average Bonchev–Trinajstić information content (AvgIpc) is 2.49.